The first-order chi connectivity index (χ1) is 54.6. The molecule has 0 spiro atoms. The van der Waals surface area contributed by atoms with Gasteiger partial charge < -0.3 is 137 Å². The molecule has 0 aliphatic carbocycles. The van der Waals surface area contributed by atoms with E-state index in [1.165, 1.54) is 21.3 Å². The van der Waals surface area contributed by atoms with Crippen LogP contribution in [0.2, 0.25) is 393 Å². The molecule has 64 heteroatoms. The SMILES string of the molecule is CO[Si](OC)(OC)O[Si](C)(C)O[Si](C)(C)O[Si](C)(C)O[Si](C)(C)O[Si](C)(C)O[Si](C)(C)O[Si](C)(C)O[Si](C)(C)O[Si](C)(C)O[Si](C)(C)O[Si](C)(C)O[Si](C)(C)O[Si](C)(C)O[Si](C)(C)O[Si](C)(C)O[Si](C)(C)O[Si](C)(C)O[Si](C)(C)O[Si](C)(C)O[Si](C)(C)O[Si](C)(C)O[Si](C)(C)O[Si](C)(C)O[Si](C)(C)O[Si](C)(C)O[Si](C)(C)O[Si](C)(C)O[Si](C)(C)O[Si](C)(C)O[SiH](C)C. The summed E-state index contributed by atoms with van der Waals surface area (Å²) in [5.74, 6) is 0. The first-order valence-electron chi connectivity index (χ1n) is 44.3. The van der Waals surface area contributed by atoms with Gasteiger partial charge in [-0.1, -0.05) is 0 Å². The first kappa shape index (κ1) is 132. The number of rotatable bonds is 63. The van der Waals surface area contributed by atoms with Crippen LogP contribution in [0.5, 0.6) is 0 Å². The van der Waals surface area contributed by atoms with Gasteiger partial charge in [-0.15, -0.1) is 0 Å². The zero-order chi connectivity index (χ0) is 102. The standard InChI is InChI=1S/C63H190O33Si31/c1-64-127(65-2,66-3)96-126(62,63)95-125(60,61)94-124(58,59)93-123(56,57)92-122(54,55)91-121(52,53)90-120(50,51)89-119(48,49)88-118(46,47)87-117(44,45)86-116(42,43)85-115(40,41)84-114(38,39)83-113(36,37)82-112(34,35)81-111(32,33)80-110(30,31)79-109(28,29)78-108(26,27)77-107(24,25)76-106(22,23)75-105(20,21)74-104(18,19)73-103(16,17)72-102(14,15)71-101(12,13)70-100(10,11)69-99(8,9)68-98(6,7)67-97(4)5/h97H,1-63H3. The zero-order valence-corrected chi connectivity index (χ0v) is 123. The molecule has 764 valence electrons. The molecule has 33 nitrogen and oxygen atoms in total. The molecule has 0 radical (unpaired) electrons. The lowest BCUT2D eigenvalue weighted by molar-refractivity contribution is 0.0403. The van der Waals surface area contributed by atoms with Gasteiger partial charge in [-0.05, 0) is 393 Å². The molecule has 0 saturated heterocycles. The van der Waals surface area contributed by atoms with E-state index in [2.05, 4.69) is 183 Å². The Morgan fingerprint density at radius 3 is 0.228 bits per heavy atom. The summed E-state index contributed by atoms with van der Waals surface area (Å²) in [5.41, 5.74) is 0. The molecular formula is C63H190O33Si31. The topological polar surface area (TPSA) is 305 Å². The molecule has 0 amide bonds. The van der Waals surface area contributed by atoms with Crippen molar-refractivity contribution in [2.75, 3.05) is 21.3 Å². The molecule has 0 unspecified atom stereocenters. The molecule has 0 rings (SSSR count). The van der Waals surface area contributed by atoms with Gasteiger partial charge in [-0.3, -0.25) is 0 Å². The second-order valence-corrected chi connectivity index (χ2v) is 156. The number of hydrogen-bond acceptors (Lipinski definition) is 33. The van der Waals surface area contributed by atoms with Crippen LogP contribution in [-0.2, 0) is 137 Å². The molecule has 0 aliphatic rings. The highest BCUT2D eigenvalue weighted by Gasteiger charge is 2.59. The maximum absolute atomic E-state index is 7.03. The van der Waals surface area contributed by atoms with Crippen molar-refractivity contribution in [3.05, 3.63) is 0 Å². The van der Waals surface area contributed by atoms with Crippen LogP contribution in [0.15, 0.2) is 0 Å². The van der Waals surface area contributed by atoms with Crippen LogP contribution in [-0.4, -0.2) is 288 Å². The van der Waals surface area contributed by atoms with E-state index in [-0.39, 0.29) is 0 Å². The van der Waals surface area contributed by atoms with Crippen molar-refractivity contribution in [2.45, 2.75) is 393 Å². The van der Waals surface area contributed by atoms with Crippen LogP contribution in [0.4, 0.5) is 0 Å². The smallest absolute Gasteiger partial charge is 0.440 e. The fourth-order valence-corrected chi connectivity index (χ4v) is 175. The zero-order valence-electron chi connectivity index (χ0n) is 92.0. The minimum atomic E-state index is -3.38. The predicted octanol–water partition coefficient (Wildman–Crippen LogP) is 21.2. The maximum Gasteiger partial charge on any atom is 0.669 e. The first-order valence-corrected chi connectivity index (χ1v) is 130. The summed E-state index contributed by atoms with van der Waals surface area (Å²) < 4.78 is 224. The van der Waals surface area contributed by atoms with Gasteiger partial charge in [0.25, 0.3) is 0 Å². The Balaban J connectivity index is 5.98. The summed E-state index contributed by atoms with van der Waals surface area (Å²) in [6.07, 6.45) is 0. The summed E-state index contributed by atoms with van der Waals surface area (Å²) in [6.45, 7) is 123. The van der Waals surface area contributed by atoms with Gasteiger partial charge in [0.05, 0.1) is 0 Å². The summed E-state index contributed by atoms with van der Waals surface area (Å²) >= 11 is 0. The third kappa shape index (κ3) is 58.8. The lowest BCUT2D eigenvalue weighted by Gasteiger charge is -2.45. The third-order valence-electron chi connectivity index (χ3n) is 15.4. The van der Waals surface area contributed by atoms with Gasteiger partial charge in [0.1, 0.15) is 0 Å². The van der Waals surface area contributed by atoms with Crippen molar-refractivity contribution in [3.8, 4) is 0 Å². The Morgan fingerprint density at radius 1 is 0.102 bits per heavy atom. The molecule has 0 aliphatic heterocycles. The van der Waals surface area contributed by atoms with E-state index >= 15 is 0 Å². The lowest BCUT2D eigenvalue weighted by Crippen LogP contribution is -2.63. The highest BCUT2D eigenvalue weighted by atomic mass is 28.6. The molecule has 0 bridgehead atoms. The third-order valence-corrected chi connectivity index (χ3v) is 134. The highest BCUT2D eigenvalue weighted by Crippen LogP contribution is 2.39. The molecule has 0 heterocycles. The molecule has 127 heavy (non-hydrogen) atoms. The molecule has 0 aromatic heterocycles. The molecule has 0 atom stereocenters. The Bertz CT molecular complexity index is 3280. The molecular weight excluding hydrogens is 2160 g/mol. The van der Waals surface area contributed by atoms with E-state index in [9.17, 15) is 0 Å². The molecule has 0 aromatic rings. The van der Waals surface area contributed by atoms with Gasteiger partial charge in [0.2, 0.25) is 0 Å². The Labute approximate surface area is 809 Å². The second kappa shape index (κ2) is 45.6. The van der Waals surface area contributed by atoms with Crippen molar-refractivity contribution in [1.82, 2.24) is 0 Å². The molecule has 0 N–H and O–H groups in total. The monoisotopic (exact) mass is 2340 g/mol. The van der Waals surface area contributed by atoms with E-state index in [1.807, 2.05) is 210 Å². The highest BCUT2D eigenvalue weighted by molar-refractivity contribution is 6.99. The Hall–Kier alpha value is 5.40. The lowest BCUT2D eigenvalue weighted by atomic mass is 11.8. The van der Waals surface area contributed by atoms with Gasteiger partial charge in [0, 0.05) is 21.3 Å². The largest absolute Gasteiger partial charge is 0.669 e. The summed E-state index contributed by atoms with van der Waals surface area (Å²) in [7, 11) is -83.4. The molecule has 0 fully saturated rings. The minimum Gasteiger partial charge on any atom is -0.440 e. The van der Waals surface area contributed by atoms with E-state index in [1.54, 1.807) is 0 Å². The second-order valence-electron chi connectivity index (χ2n) is 45.8. The quantitative estimate of drug-likeness (QED) is 0.0511. The van der Waals surface area contributed by atoms with E-state index in [0.717, 1.165) is 0 Å². The Kier molecular flexibility index (Phi) is 47.5. The fraction of sp³-hybridized carbons (Fsp3) is 1.00. The van der Waals surface area contributed by atoms with Crippen molar-refractivity contribution in [2.24, 2.45) is 0 Å². The van der Waals surface area contributed by atoms with Crippen LogP contribution < -0.4 is 0 Å². The fourth-order valence-electron chi connectivity index (χ4n) is 18.4. The van der Waals surface area contributed by atoms with E-state index in [4.69, 9.17) is 137 Å². The van der Waals surface area contributed by atoms with Crippen LogP contribution in [0.1, 0.15) is 0 Å². The average Bonchev–Trinajstić information content (AvgIpc) is 0.804. The van der Waals surface area contributed by atoms with E-state index < -0.39 is 266 Å². The van der Waals surface area contributed by atoms with E-state index in [0.29, 0.717) is 0 Å². The Morgan fingerprint density at radius 2 is 0.165 bits per heavy atom. The van der Waals surface area contributed by atoms with Crippen LogP contribution >= 0.6 is 0 Å². The van der Waals surface area contributed by atoms with Gasteiger partial charge in [0.15, 0.2) is 9.04 Å². The summed E-state index contributed by atoms with van der Waals surface area (Å²) in [5, 5.41) is 0. The van der Waals surface area contributed by atoms with Gasteiger partial charge >= 0.3 is 257 Å². The average molecular weight is 2350 g/mol. The normalized spacial score (nSPS) is 16.2. The van der Waals surface area contributed by atoms with Crippen LogP contribution in [0, 0.1) is 0 Å². The van der Waals surface area contributed by atoms with Crippen molar-refractivity contribution in [1.29, 1.82) is 0 Å². The predicted molar refractivity (Wildman–Crippen MR) is 585 cm³/mol. The minimum absolute atomic E-state index is 1.29. The maximum atomic E-state index is 7.03. The molecule has 0 aromatic carbocycles. The van der Waals surface area contributed by atoms with Crippen molar-refractivity contribution < 1.29 is 137 Å². The van der Waals surface area contributed by atoms with Crippen LogP contribution in [0.25, 0.3) is 0 Å². The summed E-state index contributed by atoms with van der Waals surface area (Å²) in [4.78, 5) is 0. The number of hydrogen-bond donors (Lipinski definition) is 0. The summed E-state index contributed by atoms with van der Waals surface area (Å²) in [6, 6.07) is 0. The van der Waals surface area contributed by atoms with Crippen LogP contribution in [0.3, 0.4) is 0 Å². The van der Waals surface area contributed by atoms with Crippen molar-refractivity contribution in [3.63, 3.8) is 0 Å². The van der Waals surface area contributed by atoms with Gasteiger partial charge in [-0.2, -0.15) is 0 Å². The van der Waals surface area contributed by atoms with Gasteiger partial charge in [-0.25, -0.2) is 0 Å². The molecule has 0 saturated carbocycles. The van der Waals surface area contributed by atoms with Crippen molar-refractivity contribution >= 4 is 266 Å².